The number of nitrogens with zero attached hydrogens (tertiary/aromatic N) is 2. The molecule has 1 aromatic rings. The zero-order chi connectivity index (χ0) is 9.68. The number of aromatic nitrogens is 2. The Kier molecular flexibility index (Phi) is 3.19. The predicted molar refractivity (Wildman–Crippen MR) is 45.7 cm³/mol. The molecule has 0 fully saturated rings. The summed E-state index contributed by atoms with van der Waals surface area (Å²) in [7, 11) is 1.47. The number of hydrogen-bond donors (Lipinski definition) is 0. The molecular formula is C8H10N2O3. The molecule has 0 unspecified atom stereocenters. The van der Waals surface area contributed by atoms with E-state index in [1.165, 1.54) is 23.9 Å². The predicted octanol–water partition coefficient (Wildman–Crippen LogP) is -0.159. The van der Waals surface area contributed by atoms with Crippen LogP contribution in [0.3, 0.4) is 0 Å². The molecule has 0 N–H and O–H groups in total. The lowest BCUT2D eigenvalue weighted by atomic mass is 10.4. The van der Waals surface area contributed by atoms with E-state index in [4.69, 9.17) is 4.74 Å². The minimum Gasteiger partial charge on any atom is -0.480 e. The number of aldehydes is 1. The standard InChI is InChI=1S/C8H10N2O3/c1-13-7-3-4-8(12)10(9-7)5-2-6-11/h3-4,6H,2,5H2,1H3. The van der Waals surface area contributed by atoms with Crippen molar-refractivity contribution >= 4 is 6.29 Å². The lowest BCUT2D eigenvalue weighted by Gasteiger charge is -2.02. The molecule has 0 spiro atoms. The molecule has 1 aromatic heterocycles. The van der Waals surface area contributed by atoms with Gasteiger partial charge in [-0.3, -0.25) is 4.79 Å². The summed E-state index contributed by atoms with van der Waals surface area (Å²) in [5.41, 5.74) is -0.234. The molecule has 0 radical (unpaired) electrons. The van der Waals surface area contributed by atoms with E-state index in [0.717, 1.165) is 6.29 Å². The highest BCUT2D eigenvalue weighted by atomic mass is 16.5. The molecule has 1 rings (SSSR count). The number of carbonyl (C=O) groups excluding carboxylic acids is 1. The molecule has 1 heterocycles. The molecule has 0 aliphatic heterocycles. The smallest absolute Gasteiger partial charge is 0.266 e. The van der Waals surface area contributed by atoms with Crippen molar-refractivity contribution in [2.24, 2.45) is 0 Å². The summed E-state index contributed by atoms with van der Waals surface area (Å²) in [6, 6.07) is 2.84. The summed E-state index contributed by atoms with van der Waals surface area (Å²) in [6.07, 6.45) is 1.02. The fourth-order valence-electron chi connectivity index (χ4n) is 0.874. The monoisotopic (exact) mass is 182 g/mol. The van der Waals surface area contributed by atoms with Crippen LogP contribution < -0.4 is 10.3 Å². The summed E-state index contributed by atoms with van der Waals surface area (Å²) < 4.78 is 6.03. The van der Waals surface area contributed by atoms with Crippen LogP contribution in [-0.2, 0) is 11.3 Å². The second-order valence-corrected chi connectivity index (χ2v) is 2.39. The first kappa shape index (κ1) is 9.44. The Hall–Kier alpha value is -1.65. The molecule has 70 valence electrons. The van der Waals surface area contributed by atoms with Crippen LogP contribution in [0.2, 0.25) is 0 Å². The van der Waals surface area contributed by atoms with Gasteiger partial charge in [-0.05, 0) is 0 Å². The van der Waals surface area contributed by atoms with Gasteiger partial charge in [0.15, 0.2) is 0 Å². The number of methoxy groups -OCH3 is 1. The van der Waals surface area contributed by atoms with Gasteiger partial charge in [0.05, 0.1) is 13.7 Å². The number of aryl methyl sites for hydroxylation is 1. The molecule has 5 heteroatoms. The minimum atomic E-state index is -0.234. The molecule has 0 amide bonds. The lowest BCUT2D eigenvalue weighted by molar-refractivity contribution is -0.108. The van der Waals surface area contributed by atoms with Crippen molar-refractivity contribution in [1.82, 2.24) is 9.78 Å². The van der Waals surface area contributed by atoms with Crippen LogP contribution in [0.25, 0.3) is 0 Å². The highest BCUT2D eigenvalue weighted by Crippen LogP contribution is 1.98. The largest absolute Gasteiger partial charge is 0.480 e. The molecule has 0 aromatic carbocycles. The van der Waals surface area contributed by atoms with Gasteiger partial charge in [-0.2, -0.15) is 0 Å². The van der Waals surface area contributed by atoms with Crippen LogP contribution in [0.15, 0.2) is 16.9 Å². The van der Waals surface area contributed by atoms with Gasteiger partial charge in [-0.25, -0.2) is 4.68 Å². The van der Waals surface area contributed by atoms with E-state index >= 15 is 0 Å². The summed E-state index contributed by atoms with van der Waals surface area (Å²) >= 11 is 0. The fourth-order valence-corrected chi connectivity index (χ4v) is 0.874. The van der Waals surface area contributed by atoms with Gasteiger partial charge in [0.2, 0.25) is 5.88 Å². The van der Waals surface area contributed by atoms with E-state index in [0.29, 0.717) is 12.4 Å². The number of ether oxygens (including phenoxy) is 1. The van der Waals surface area contributed by atoms with Crippen molar-refractivity contribution in [3.63, 3.8) is 0 Å². The fraction of sp³-hybridized carbons (Fsp3) is 0.375. The number of carbonyl (C=O) groups is 1. The topological polar surface area (TPSA) is 61.2 Å². The van der Waals surface area contributed by atoms with Gasteiger partial charge in [0.1, 0.15) is 6.29 Å². The minimum absolute atomic E-state index is 0.234. The Labute approximate surface area is 74.9 Å². The Morgan fingerprint density at radius 3 is 3.00 bits per heavy atom. The van der Waals surface area contributed by atoms with E-state index in [1.54, 1.807) is 0 Å². The van der Waals surface area contributed by atoms with Crippen LogP contribution in [0, 0.1) is 0 Å². The molecule has 0 aliphatic carbocycles. The zero-order valence-electron chi connectivity index (χ0n) is 7.27. The normalized spacial score (nSPS) is 9.62. The summed E-state index contributed by atoms with van der Waals surface area (Å²) in [5, 5.41) is 3.85. The van der Waals surface area contributed by atoms with Gasteiger partial charge in [-0.1, -0.05) is 0 Å². The molecule has 0 bridgehead atoms. The third-order valence-corrected chi connectivity index (χ3v) is 1.51. The first-order chi connectivity index (χ1) is 6.27. The van der Waals surface area contributed by atoms with Crippen LogP contribution >= 0.6 is 0 Å². The lowest BCUT2D eigenvalue weighted by Crippen LogP contribution is -2.22. The Balaban J connectivity index is 2.90. The van der Waals surface area contributed by atoms with E-state index in [9.17, 15) is 9.59 Å². The second-order valence-electron chi connectivity index (χ2n) is 2.39. The van der Waals surface area contributed by atoms with E-state index in [-0.39, 0.29) is 12.0 Å². The van der Waals surface area contributed by atoms with Crippen molar-refractivity contribution < 1.29 is 9.53 Å². The third-order valence-electron chi connectivity index (χ3n) is 1.51. The summed E-state index contributed by atoms with van der Waals surface area (Å²) in [4.78, 5) is 21.2. The molecule has 0 saturated heterocycles. The van der Waals surface area contributed by atoms with Crippen LogP contribution in [0.1, 0.15) is 6.42 Å². The van der Waals surface area contributed by atoms with Crippen molar-refractivity contribution in [3.8, 4) is 5.88 Å². The zero-order valence-corrected chi connectivity index (χ0v) is 7.27. The SMILES string of the molecule is COc1ccc(=O)n(CCC=O)n1. The first-order valence-corrected chi connectivity index (χ1v) is 3.83. The molecule has 0 atom stereocenters. The van der Waals surface area contributed by atoms with E-state index < -0.39 is 0 Å². The van der Waals surface area contributed by atoms with Crippen LogP contribution in [-0.4, -0.2) is 23.2 Å². The average molecular weight is 182 g/mol. The van der Waals surface area contributed by atoms with Gasteiger partial charge >= 0.3 is 0 Å². The Morgan fingerprint density at radius 2 is 2.38 bits per heavy atom. The van der Waals surface area contributed by atoms with Crippen molar-refractivity contribution in [1.29, 1.82) is 0 Å². The maximum atomic E-state index is 11.1. The molecule has 0 aliphatic rings. The second kappa shape index (κ2) is 4.39. The van der Waals surface area contributed by atoms with Gasteiger partial charge in [-0.15, -0.1) is 5.10 Å². The molecule has 0 saturated carbocycles. The third kappa shape index (κ3) is 2.40. The van der Waals surface area contributed by atoms with Crippen molar-refractivity contribution in [2.45, 2.75) is 13.0 Å². The molecular weight excluding hydrogens is 172 g/mol. The van der Waals surface area contributed by atoms with Crippen molar-refractivity contribution in [2.75, 3.05) is 7.11 Å². The summed E-state index contributed by atoms with van der Waals surface area (Å²) in [5.74, 6) is 0.366. The number of hydrogen-bond acceptors (Lipinski definition) is 4. The maximum absolute atomic E-state index is 11.1. The molecule has 13 heavy (non-hydrogen) atoms. The average Bonchev–Trinajstić information content (AvgIpc) is 2.17. The highest BCUT2D eigenvalue weighted by molar-refractivity contribution is 5.48. The van der Waals surface area contributed by atoms with Gasteiger partial charge < -0.3 is 9.53 Å². The first-order valence-electron chi connectivity index (χ1n) is 3.83. The van der Waals surface area contributed by atoms with Crippen molar-refractivity contribution in [3.05, 3.63) is 22.5 Å². The Morgan fingerprint density at radius 1 is 1.62 bits per heavy atom. The van der Waals surface area contributed by atoms with Crippen LogP contribution in [0.4, 0.5) is 0 Å². The van der Waals surface area contributed by atoms with E-state index in [1.807, 2.05) is 0 Å². The summed E-state index contributed by atoms with van der Waals surface area (Å²) in [6.45, 7) is 0.291. The Bertz CT molecular complexity index is 345. The maximum Gasteiger partial charge on any atom is 0.266 e. The van der Waals surface area contributed by atoms with Crippen LogP contribution in [0.5, 0.6) is 5.88 Å². The van der Waals surface area contributed by atoms with Gasteiger partial charge in [0.25, 0.3) is 5.56 Å². The van der Waals surface area contributed by atoms with Gasteiger partial charge in [0, 0.05) is 18.6 Å². The van der Waals surface area contributed by atoms with E-state index in [2.05, 4.69) is 5.10 Å². The molecule has 5 nitrogen and oxygen atoms in total. The quantitative estimate of drug-likeness (QED) is 0.607. The highest BCUT2D eigenvalue weighted by Gasteiger charge is 1.98. The number of rotatable bonds is 4.